The molecule has 0 radical (unpaired) electrons. The van der Waals surface area contributed by atoms with Crippen LogP contribution < -0.4 is 0 Å². The monoisotopic (exact) mass is 190 g/mol. The smallest absolute Gasteiger partial charge is 0.333 e. The zero-order chi connectivity index (χ0) is 8.69. The van der Waals surface area contributed by atoms with E-state index in [0.29, 0.717) is 12.2 Å². The van der Waals surface area contributed by atoms with Gasteiger partial charge in [0.25, 0.3) is 0 Å². The number of hydrogen-bond acceptors (Lipinski definition) is 3. The van der Waals surface area contributed by atoms with Crippen LogP contribution in [0.25, 0.3) is 0 Å². The van der Waals surface area contributed by atoms with Crippen LogP contribution in [0, 0.1) is 0 Å². The maximum atomic E-state index is 10.8. The molecule has 0 aromatic carbocycles. The minimum absolute atomic E-state index is 0.299. The van der Waals surface area contributed by atoms with E-state index in [9.17, 15) is 4.79 Å². The van der Waals surface area contributed by atoms with Gasteiger partial charge in [0.1, 0.15) is 20.2 Å². The molecule has 5 heteroatoms. The highest BCUT2D eigenvalue weighted by Gasteiger charge is 2.01. The summed E-state index contributed by atoms with van der Waals surface area (Å²) in [4.78, 5) is 10.8. The van der Waals surface area contributed by atoms with Crippen molar-refractivity contribution in [2.24, 2.45) is 0 Å². The Hall–Kier alpha value is -0.396. The van der Waals surface area contributed by atoms with E-state index in [4.69, 9.17) is 8.85 Å². The Kier molecular flexibility index (Phi) is 6.09. The fourth-order valence-corrected chi connectivity index (χ4v) is 1.91. The van der Waals surface area contributed by atoms with Gasteiger partial charge in [-0.1, -0.05) is 6.58 Å². The highest BCUT2D eigenvalue weighted by Crippen LogP contribution is 1.92. The van der Waals surface area contributed by atoms with E-state index in [-0.39, 0.29) is 5.97 Å². The van der Waals surface area contributed by atoms with Crippen molar-refractivity contribution >= 4 is 26.2 Å². The molecule has 0 aliphatic heterocycles. The molecule has 64 valence electrons. The number of carbonyl (C=O) groups is 1. The van der Waals surface area contributed by atoms with Crippen molar-refractivity contribution in [2.45, 2.75) is 13.0 Å². The fourth-order valence-electron chi connectivity index (χ4n) is 0.491. The van der Waals surface area contributed by atoms with Gasteiger partial charge < -0.3 is 8.85 Å². The number of hydrogen-bond donors (Lipinski definition) is 0. The van der Waals surface area contributed by atoms with Crippen LogP contribution in [0.2, 0.25) is 6.04 Å². The molecule has 3 nitrogen and oxygen atoms in total. The average molecular weight is 190 g/mol. The highest BCUT2D eigenvalue weighted by atomic mass is 28.3. The van der Waals surface area contributed by atoms with Crippen molar-refractivity contribution < 1.29 is 13.6 Å². The average Bonchev–Trinajstić information content (AvgIpc) is 1.97. The van der Waals surface area contributed by atoms with Crippen LogP contribution in [0.15, 0.2) is 12.2 Å². The normalized spacial score (nSPS) is 10.6. The molecule has 0 saturated carbocycles. The molecule has 0 aliphatic carbocycles. The van der Waals surface area contributed by atoms with Gasteiger partial charge in [0.2, 0.25) is 0 Å². The van der Waals surface area contributed by atoms with Gasteiger partial charge in [-0.05, 0) is 13.0 Å². The summed E-state index contributed by atoms with van der Waals surface area (Å²) in [6.45, 7) is 5.59. The number of carbonyl (C=O) groups excluding carboxylic acids is 1. The second-order valence-electron chi connectivity index (χ2n) is 2.26. The summed E-state index contributed by atoms with van der Waals surface area (Å²) in [5, 5.41) is 0. The van der Waals surface area contributed by atoms with Gasteiger partial charge in [-0.2, -0.15) is 0 Å². The maximum absolute atomic E-state index is 10.8. The first-order chi connectivity index (χ1) is 5.18. The zero-order valence-corrected chi connectivity index (χ0v) is 10.5. The Morgan fingerprint density at radius 3 is 2.82 bits per heavy atom. The van der Waals surface area contributed by atoms with E-state index in [0.717, 1.165) is 16.5 Å². The third-order valence-electron chi connectivity index (χ3n) is 1.07. The van der Waals surface area contributed by atoms with Crippen molar-refractivity contribution in [2.75, 3.05) is 6.61 Å². The van der Waals surface area contributed by atoms with Crippen LogP contribution in [0.5, 0.6) is 0 Å². The minimum Gasteiger partial charge on any atom is -0.468 e. The lowest BCUT2D eigenvalue weighted by molar-refractivity contribution is -0.138. The van der Waals surface area contributed by atoms with Gasteiger partial charge in [0.05, 0.1) is 6.61 Å². The number of esters is 1. The van der Waals surface area contributed by atoms with Crippen molar-refractivity contribution in [3.05, 3.63) is 12.2 Å². The third kappa shape index (κ3) is 6.02. The first kappa shape index (κ1) is 10.6. The van der Waals surface area contributed by atoms with Crippen LogP contribution in [0.1, 0.15) is 6.92 Å². The van der Waals surface area contributed by atoms with Gasteiger partial charge >= 0.3 is 5.97 Å². The molecule has 0 rings (SSSR count). The molecule has 0 bridgehead atoms. The summed E-state index contributed by atoms with van der Waals surface area (Å²) in [5.41, 5.74) is 0.457. The SMILES string of the molecule is C=C(C)C(=O)OCC[SiH2]O[SiH3]. The molecule has 0 N–H and O–H groups in total. The van der Waals surface area contributed by atoms with E-state index in [1.165, 1.54) is 0 Å². The predicted octanol–water partition coefficient (Wildman–Crippen LogP) is -1.10. The second kappa shape index (κ2) is 6.32. The maximum Gasteiger partial charge on any atom is 0.333 e. The molecule has 0 atom stereocenters. The summed E-state index contributed by atoms with van der Waals surface area (Å²) < 4.78 is 9.89. The Bertz CT molecular complexity index is 147. The molecule has 0 saturated heterocycles. The van der Waals surface area contributed by atoms with Gasteiger partial charge in [0.15, 0.2) is 0 Å². The Balaban J connectivity index is 3.25. The molecule has 0 fully saturated rings. The lowest BCUT2D eigenvalue weighted by Crippen LogP contribution is -2.08. The van der Waals surface area contributed by atoms with Crippen LogP contribution >= 0.6 is 0 Å². The molecule has 0 heterocycles. The standard InChI is InChI=1S/C6H14O3Si2/c1-5(2)6(7)8-3-4-11-9-10/h1,3-4,11H2,2,10H3. The summed E-state index contributed by atoms with van der Waals surface area (Å²) in [6.07, 6.45) is 0. The van der Waals surface area contributed by atoms with Gasteiger partial charge in [-0.15, -0.1) is 0 Å². The summed E-state index contributed by atoms with van der Waals surface area (Å²) in [5.74, 6) is -0.299. The van der Waals surface area contributed by atoms with E-state index in [2.05, 4.69) is 6.58 Å². The molecule has 0 aromatic rings. The lowest BCUT2D eigenvalue weighted by Gasteiger charge is -2.02. The van der Waals surface area contributed by atoms with Crippen molar-refractivity contribution in [1.82, 2.24) is 0 Å². The molecular weight excluding hydrogens is 176 g/mol. The van der Waals surface area contributed by atoms with Crippen molar-refractivity contribution in [3.63, 3.8) is 0 Å². The van der Waals surface area contributed by atoms with Crippen LogP contribution in [-0.4, -0.2) is 32.8 Å². The zero-order valence-electron chi connectivity index (χ0n) is 7.05. The Morgan fingerprint density at radius 1 is 1.73 bits per heavy atom. The van der Waals surface area contributed by atoms with Crippen molar-refractivity contribution in [3.8, 4) is 0 Å². The minimum atomic E-state index is -0.391. The quantitative estimate of drug-likeness (QED) is 0.239. The first-order valence-electron chi connectivity index (χ1n) is 3.50. The molecule has 0 spiro atoms. The summed E-state index contributed by atoms with van der Waals surface area (Å²) >= 11 is 0. The Labute approximate surface area is 72.3 Å². The number of ether oxygens (including phenoxy) is 1. The fraction of sp³-hybridized carbons (Fsp3) is 0.500. The van der Waals surface area contributed by atoms with Crippen molar-refractivity contribution in [1.29, 1.82) is 0 Å². The van der Waals surface area contributed by atoms with E-state index in [1.54, 1.807) is 6.92 Å². The second-order valence-corrected chi connectivity index (χ2v) is 5.69. The topological polar surface area (TPSA) is 35.5 Å². The van der Waals surface area contributed by atoms with E-state index in [1.807, 2.05) is 0 Å². The highest BCUT2D eigenvalue weighted by molar-refractivity contribution is 6.34. The molecule has 11 heavy (non-hydrogen) atoms. The molecule has 0 amide bonds. The van der Waals surface area contributed by atoms with Gasteiger partial charge in [0, 0.05) is 5.57 Å². The molecular formula is C6H14O3Si2. The summed E-state index contributed by atoms with van der Waals surface area (Å²) in [6, 6.07) is 0.905. The van der Waals surface area contributed by atoms with Crippen LogP contribution in [0.4, 0.5) is 0 Å². The van der Waals surface area contributed by atoms with Gasteiger partial charge in [-0.3, -0.25) is 0 Å². The third-order valence-corrected chi connectivity index (χ3v) is 3.28. The predicted molar refractivity (Wildman–Crippen MR) is 50.1 cm³/mol. The summed E-state index contributed by atoms with van der Waals surface area (Å²) in [7, 11) is 0.411. The number of rotatable bonds is 5. The molecule has 0 aliphatic rings. The van der Waals surface area contributed by atoms with Crippen LogP contribution in [-0.2, 0) is 13.6 Å². The first-order valence-corrected chi connectivity index (χ1v) is 5.89. The lowest BCUT2D eigenvalue weighted by atomic mass is 10.4. The Morgan fingerprint density at radius 2 is 2.36 bits per heavy atom. The van der Waals surface area contributed by atoms with E-state index >= 15 is 0 Å². The van der Waals surface area contributed by atoms with E-state index < -0.39 is 9.76 Å². The molecule has 0 unspecified atom stereocenters. The van der Waals surface area contributed by atoms with Crippen LogP contribution in [0.3, 0.4) is 0 Å². The molecule has 0 aromatic heterocycles. The largest absolute Gasteiger partial charge is 0.468 e. The van der Waals surface area contributed by atoms with Gasteiger partial charge in [-0.25, -0.2) is 4.79 Å².